The minimum absolute atomic E-state index is 0.0628. The van der Waals surface area contributed by atoms with Crippen LogP contribution in [0.1, 0.15) is 37.5 Å². The van der Waals surface area contributed by atoms with E-state index in [2.05, 4.69) is 44.8 Å². The van der Waals surface area contributed by atoms with E-state index in [1.54, 1.807) is 12.1 Å². The molecule has 0 amide bonds. The molecular formula is C21H22FNO. The van der Waals surface area contributed by atoms with Gasteiger partial charge in [0, 0.05) is 17.3 Å². The van der Waals surface area contributed by atoms with Crippen molar-refractivity contribution in [2.45, 2.75) is 40.0 Å². The molecule has 3 rings (SSSR count). The van der Waals surface area contributed by atoms with Gasteiger partial charge in [-0.15, -0.1) is 0 Å². The predicted molar refractivity (Wildman–Crippen MR) is 98.1 cm³/mol. The quantitative estimate of drug-likeness (QED) is 0.652. The summed E-state index contributed by atoms with van der Waals surface area (Å²) in [6.45, 7) is 10.7. The highest BCUT2D eigenvalue weighted by molar-refractivity contribution is 5.82. The van der Waals surface area contributed by atoms with Crippen LogP contribution in [0.2, 0.25) is 0 Å². The van der Waals surface area contributed by atoms with Gasteiger partial charge in [0.1, 0.15) is 5.82 Å². The van der Waals surface area contributed by atoms with Gasteiger partial charge in [-0.25, -0.2) is 4.39 Å². The molecule has 0 bridgehead atoms. The van der Waals surface area contributed by atoms with Gasteiger partial charge in [-0.2, -0.15) is 0 Å². The average molecular weight is 323 g/mol. The van der Waals surface area contributed by atoms with E-state index in [-0.39, 0.29) is 16.2 Å². The lowest BCUT2D eigenvalue weighted by Gasteiger charge is -2.23. The van der Waals surface area contributed by atoms with E-state index >= 15 is 0 Å². The Hall–Kier alpha value is -2.42. The molecule has 3 heteroatoms. The van der Waals surface area contributed by atoms with Gasteiger partial charge in [0.05, 0.1) is 10.9 Å². The number of hydrogen-bond donors (Lipinski definition) is 1. The van der Waals surface area contributed by atoms with Crippen LogP contribution in [0, 0.1) is 19.7 Å². The van der Waals surface area contributed by atoms with Gasteiger partial charge in [-0.1, -0.05) is 32.9 Å². The molecule has 1 aromatic heterocycles. The van der Waals surface area contributed by atoms with Crippen molar-refractivity contribution in [1.82, 2.24) is 4.98 Å². The van der Waals surface area contributed by atoms with E-state index in [1.807, 2.05) is 6.92 Å². The highest BCUT2D eigenvalue weighted by Gasteiger charge is 2.18. The normalized spacial score (nSPS) is 11.9. The number of nitrogens with one attached hydrogen (secondary N) is 1. The molecule has 1 heterocycles. The molecule has 0 fully saturated rings. The molecule has 1 N–H and O–H groups in total. The first-order valence-electron chi connectivity index (χ1n) is 8.12. The molecule has 2 aromatic carbocycles. The van der Waals surface area contributed by atoms with Gasteiger partial charge in [0.15, 0.2) is 5.43 Å². The standard InChI is InChI=1S/C21H22FNO/c1-12-10-15(21(3,4)5)13(2)9-14(12)18-11-19(24)20-16(22)7-6-8-17(20)23-18/h6-11H,1-5H3,(H,23,24). The van der Waals surface area contributed by atoms with E-state index in [0.717, 1.165) is 16.8 Å². The molecule has 24 heavy (non-hydrogen) atoms. The van der Waals surface area contributed by atoms with Crippen LogP contribution in [0.4, 0.5) is 4.39 Å². The van der Waals surface area contributed by atoms with Gasteiger partial charge in [0.25, 0.3) is 0 Å². The molecule has 0 atom stereocenters. The van der Waals surface area contributed by atoms with E-state index < -0.39 is 5.82 Å². The number of benzene rings is 2. The minimum Gasteiger partial charge on any atom is -0.354 e. The topological polar surface area (TPSA) is 32.9 Å². The van der Waals surface area contributed by atoms with Crippen LogP contribution in [0.25, 0.3) is 22.2 Å². The number of rotatable bonds is 1. The Morgan fingerprint density at radius 2 is 1.71 bits per heavy atom. The summed E-state index contributed by atoms with van der Waals surface area (Å²) in [5, 5.41) is 0.113. The number of aryl methyl sites for hydroxylation is 2. The molecule has 124 valence electrons. The summed E-state index contributed by atoms with van der Waals surface area (Å²) < 4.78 is 13.9. The second-order valence-corrected chi connectivity index (χ2v) is 7.44. The third kappa shape index (κ3) is 2.75. The Bertz CT molecular complexity index is 993. The zero-order valence-corrected chi connectivity index (χ0v) is 14.8. The lowest BCUT2D eigenvalue weighted by molar-refractivity contribution is 0.585. The zero-order chi connectivity index (χ0) is 17.6. The highest BCUT2D eigenvalue weighted by Crippen LogP contribution is 2.32. The maximum Gasteiger partial charge on any atom is 0.192 e. The summed E-state index contributed by atoms with van der Waals surface area (Å²) in [5.41, 5.74) is 5.55. The molecule has 0 saturated heterocycles. The number of H-pyrrole nitrogens is 1. The van der Waals surface area contributed by atoms with Gasteiger partial charge in [-0.05, 0) is 54.2 Å². The molecule has 0 aliphatic carbocycles. The smallest absolute Gasteiger partial charge is 0.192 e. The summed E-state index contributed by atoms with van der Waals surface area (Å²) in [4.78, 5) is 15.6. The molecule has 0 unspecified atom stereocenters. The van der Waals surface area contributed by atoms with Gasteiger partial charge >= 0.3 is 0 Å². The summed E-state index contributed by atoms with van der Waals surface area (Å²) in [6, 6.07) is 10.4. The Labute approximate surface area is 141 Å². The fourth-order valence-corrected chi connectivity index (χ4v) is 3.32. The minimum atomic E-state index is -0.490. The second-order valence-electron chi connectivity index (χ2n) is 7.44. The maximum atomic E-state index is 13.9. The van der Waals surface area contributed by atoms with Crippen LogP contribution in [-0.4, -0.2) is 4.98 Å². The summed E-state index contributed by atoms with van der Waals surface area (Å²) in [7, 11) is 0. The molecule has 3 aromatic rings. The van der Waals surface area contributed by atoms with E-state index in [4.69, 9.17) is 0 Å². The number of pyridine rings is 1. The van der Waals surface area contributed by atoms with Crippen LogP contribution in [-0.2, 0) is 5.41 Å². The Balaban J connectivity index is 2.25. The molecule has 2 nitrogen and oxygen atoms in total. The first kappa shape index (κ1) is 16.4. The maximum absolute atomic E-state index is 13.9. The van der Waals surface area contributed by atoms with Crippen LogP contribution in [0.5, 0.6) is 0 Å². The second kappa shape index (κ2) is 5.59. The molecule has 0 saturated carbocycles. The number of aromatic nitrogens is 1. The Morgan fingerprint density at radius 3 is 2.38 bits per heavy atom. The third-order valence-electron chi connectivity index (χ3n) is 4.47. The van der Waals surface area contributed by atoms with Gasteiger partial charge in [0.2, 0.25) is 0 Å². The molecule has 0 radical (unpaired) electrons. The van der Waals surface area contributed by atoms with Crippen molar-refractivity contribution < 1.29 is 4.39 Å². The van der Waals surface area contributed by atoms with Crippen molar-refractivity contribution in [3.63, 3.8) is 0 Å². The largest absolute Gasteiger partial charge is 0.354 e. The van der Waals surface area contributed by atoms with E-state index in [1.165, 1.54) is 23.3 Å². The Kier molecular flexibility index (Phi) is 3.83. The fraction of sp³-hybridized carbons (Fsp3) is 0.286. The Morgan fingerprint density at radius 1 is 1.00 bits per heavy atom. The van der Waals surface area contributed by atoms with Gasteiger partial charge in [-0.3, -0.25) is 4.79 Å². The lowest BCUT2D eigenvalue weighted by atomic mass is 9.82. The fourth-order valence-electron chi connectivity index (χ4n) is 3.32. The van der Waals surface area contributed by atoms with Crippen LogP contribution in [0.3, 0.4) is 0 Å². The third-order valence-corrected chi connectivity index (χ3v) is 4.47. The predicted octanol–water partition coefficient (Wildman–Crippen LogP) is 5.25. The lowest BCUT2D eigenvalue weighted by Crippen LogP contribution is -2.14. The van der Waals surface area contributed by atoms with Crippen LogP contribution in [0.15, 0.2) is 41.2 Å². The van der Waals surface area contributed by atoms with Crippen LogP contribution < -0.4 is 5.43 Å². The summed E-state index contributed by atoms with van der Waals surface area (Å²) in [5.74, 6) is -0.490. The molecule has 0 spiro atoms. The van der Waals surface area contributed by atoms with Crippen LogP contribution >= 0.6 is 0 Å². The molecule has 0 aliphatic rings. The monoisotopic (exact) mass is 323 g/mol. The number of hydrogen-bond acceptors (Lipinski definition) is 1. The van der Waals surface area contributed by atoms with Crippen molar-refractivity contribution in [2.24, 2.45) is 0 Å². The van der Waals surface area contributed by atoms with Crippen molar-refractivity contribution in [3.8, 4) is 11.3 Å². The summed E-state index contributed by atoms with van der Waals surface area (Å²) in [6.07, 6.45) is 0. The first-order valence-corrected chi connectivity index (χ1v) is 8.12. The van der Waals surface area contributed by atoms with Crippen molar-refractivity contribution in [2.75, 3.05) is 0 Å². The first-order chi connectivity index (χ1) is 11.2. The number of fused-ring (bicyclic) bond motifs is 1. The SMILES string of the molecule is Cc1cc(C(C)(C)C)c(C)cc1-c1cc(=O)c2c(F)cccc2[nH]1. The zero-order valence-electron chi connectivity index (χ0n) is 14.8. The van der Waals surface area contributed by atoms with E-state index in [0.29, 0.717) is 5.52 Å². The molecular weight excluding hydrogens is 301 g/mol. The summed E-state index contributed by atoms with van der Waals surface area (Å²) >= 11 is 0. The number of aromatic amines is 1. The van der Waals surface area contributed by atoms with Crippen molar-refractivity contribution in [3.05, 3.63) is 69.1 Å². The van der Waals surface area contributed by atoms with Crippen molar-refractivity contribution in [1.29, 1.82) is 0 Å². The number of halogens is 1. The molecule has 0 aliphatic heterocycles. The van der Waals surface area contributed by atoms with E-state index in [9.17, 15) is 9.18 Å². The van der Waals surface area contributed by atoms with Crippen molar-refractivity contribution >= 4 is 10.9 Å². The highest BCUT2D eigenvalue weighted by atomic mass is 19.1. The van der Waals surface area contributed by atoms with Gasteiger partial charge < -0.3 is 4.98 Å². The average Bonchev–Trinajstić information content (AvgIpc) is 2.47.